The number of hydrogen-bond acceptors (Lipinski definition) is 4. The van der Waals surface area contributed by atoms with Gasteiger partial charge in [0.15, 0.2) is 11.5 Å². The fraction of sp³-hybridized carbons (Fsp3) is 0.400. The highest BCUT2D eigenvalue weighted by Crippen LogP contribution is 2.38. The van der Waals surface area contributed by atoms with E-state index in [-0.39, 0.29) is 0 Å². The van der Waals surface area contributed by atoms with Crippen molar-refractivity contribution in [1.29, 1.82) is 0 Å². The Morgan fingerprint density at radius 1 is 1.29 bits per heavy atom. The Morgan fingerprint density at radius 2 is 2.14 bits per heavy atom. The molecule has 0 saturated heterocycles. The topological polar surface area (TPSA) is 53.7 Å². The molecule has 1 aromatic carbocycles. The highest BCUT2D eigenvalue weighted by Gasteiger charge is 2.15. The quantitative estimate of drug-likeness (QED) is 0.775. The molecular weight excluding hydrogens is 182 g/mol. The van der Waals surface area contributed by atoms with E-state index < -0.39 is 0 Å². The van der Waals surface area contributed by atoms with E-state index in [1.807, 2.05) is 18.2 Å². The lowest BCUT2D eigenvalue weighted by atomic mass is 10.3. The van der Waals surface area contributed by atoms with E-state index >= 15 is 0 Å². The zero-order chi connectivity index (χ0) is 9.80. The molecule has 2 N–H and O–H groups in total. The summed E-state index contributed by atoms with van der Waals surface area (Å²) in [5.41, 5.74) is 5.36. The Hall–Kier alpha value is -1.42. The van der Waals surface area contributed by atoms with Crippen LogP contribution >= 0.6 is 0 Å². The normalized spacial score (nSPS) is 13.8. The van der Waals surface area contributed by atoms with Crippen molar-refractivity contribution in [2.75, 3.05) is 26.4 Å². The molecule has 0 atom stereocenters. The van der Waals surface area contributed by atoms with Crippen LogP contribution in [0.25, 0.3) is 0 Å². The highest BCUT2D eigenvalue weighted by atomic mass is 16.6. The van der Waals surface area contributed by atoms with Crippen molar-refractivity contribution in [2.45, 2.75) is 0 Å². The molecule has 0 fully saturated rings. The molecule has 1 aromatic rings. The van der Waals surface area contributed by atoms with Gasteiger partial charge in [-0.05, 0) is 12.1 Å². The van der Waals surface area contributed by atoms with Crippen LogP contribution in [0.3, 0.4) is 0 Å². The summed E-state index contributed by atoms with van der Waals surface area (Å²) in [6.45, 7) is 2.13. The third kappa shape index (κ3) is 1.75. The van der Waals surface area contributed by atoms with Crippen molar-refractivity contribution >= 4 is 0 Å². The summed E-state index contributed by atoms with van der Waals surface area (Å²) < 4.78 is 16.3. The molecule has 1 aliphatic heterocycles. The lowest BCUT2D eigenvalue weighted by Crippen LogP contribution is -2.17. The number of para-hydroxylation sites is 1. The second-order valence-corrected chi connectivity index (χ2v) is 2.92. The van der Waals surface area contributed by atoms with Crippen LogP contribution in [0.5, 0.6) is 17.2 Å². The molecule has 2 rings (SSSR count). The van der Waals surface area contributed by atoms with E-state index in [0.717, 1.165) is 5.75 Å². The van der Waals surface area contributed by atoms with Gasteiger partial charge in [-0.15, -0.1) is 0 Å². The van der Waals surface area contributed by atoms with Gasteiger partial charge in [-0.25, -0.2) is 0 Å². The largest absolute Gasteiger partial charge is 0.488 e. The lowest BCUT2D eigenvalue weighted by molar-refractivity contribution is 0.162. The van der Waals surface area contributed by atoms with Crippen LogP contribution < -0.4 is 19.9 Å². The molecule has 0 radical (unpaired) electrons. The van der Waals surface area contributed by atoms with E-state index in [4.69, 9.17) is 19.9 Å². The minimum Gasteiger partial charge on any atom is -0.488 e. The Balaban J connectivity index is 2.21. The average Bonchev–Trinajstić information content (AvgIpc) is 2.26. The Labute approximate surface area is 82.6 Å². The van der Waals surface area contributed by atoms with Gasteiger partial charge in [0.1, 0.15) is 19.8 Å². The van der Waals surface area contributed by atoms with Gasteiger partial charge in [-0.3, -0.25) is 0 Å². The number of nitrogens with two attached hydrogens (primary N) is 1. The molecule has 4 heteroatoms. The first-order chi connectivity index (χ1) is 6.92. The summed E-state index contributed by atoms with van der Waals surface area (Å²) in [6, 6.07) is 5.59. The van der Waals surface area contributed by atoms with Crippen molar-refractivity contribution in [3.63, 3.8) is 0 Å². The van der Waals surface area contributed by atoms with Crippen molar-refractivity contribution in [3.05, 3.63) is 18.2 Å². The summed E-state index contributed by atoms with van der Waals surface area (Å²) in [7, 11) is 0. The smallest absolute Gasteiger partial charge is 0.203 e. The first-order valence-corrected chi connectivity index (χ1v) is 4.63. The predicted molar refractivity (Wildman–Crippen MR) is 52.0 cm³/mol. The third-order valence-electron chi connectivity index (χ3n) is 1.91. The lowest BCUT2D eigenvalue weighted by Gasteiger charge is -2.20. The molecule has 1 aliphatic rings. The predicted octanol–water partition coefficient (Wildman–Crippen LogP) is 0.795. The fourth-order valence-corrected chi connectivity index (χ4v) is 1.33. The van der Waals surface area contributed by atoms with E-state index in [2.05, 4.69) is 0 Å². The van der Waals surface area contributed by atoms with Gasteiger partial charge in [-0.2, -0.15) is 0 Å². The molecule has 4 nitrogen and oxygen atoms in total. The second kappa shape index (κ2) is 4.19. The van der Waals surface area contributed by atoms with Crippen LogP contribution in [0.2, 0.25) is 0 Å². The second-order valence-electron chi connectivity index (χ2n) is 2.92. The molecule has 0 unspecified atom stereocenters. The average molecular weight is 195 g/mol. The number of ether oxygens (including phenoxy) is 3. The van der Waals surface area contributed by atoms with Crippen LogP contribution in [0, 0.1) is 0 Å². The van der Waals surface area contributed by atoms with E-state index in [1.54, 1.807) is 0 Å². The molecule has 0 aliphatic carbocycles. The summed E-state index contributed by atoms with van der Waals surface area (Å²) in [5, 5.41) is 0. The van der Waals surface area contributed by atoms with Crippen LogP contribution in [-0.2, 0) is 0 Å². The summed E-state index contributed by atoms with van der Waals surface area (Å²) in [4.78, 5) is 0. The molecule has 0 spiro atoms. The van der Waals surface area contributed by atoms with Gasteiger partial charge in [0, 0.05) is 6.54 Å². The molecule has 0 amide bonds. The van der Waals surface area contributed by atoms with Gasteiger partial charge < -0.3 is 19.9 Å². The number of benzene rings is 1. The summed E-state index contributed by atoms with van der Waals surface area (Å²) >= 11 is 0. The van der Waals surface area contributed by atoms with E-state index in [1.165, 1.54) is 0 Å². The van der Waals surface area contributed by atoms with Gasteiger partial charge >= 0.3 is 0 Å². The maximum Gasteiger partial charge on any atom is 0.203 e. The fourth-order valence-electron chi connectivity index (χ4n) is 1.33. The molecule has 76 valence electrons. The monoisotopic (exact) mass is 195 g/mol. The minimum absolute atomic E-state index is 0.486. The summed E-state index contributed by atoms with van der Waals surface area (Å²) in [5.74, 6) is 2.13. The number of fused-ring (bicyclic) bond motifs is 1. The molecule has 0 aromatic heterocycles. The minimum atomic E-state index is 0.486. The maximum absolute atomic E-state index is 5.46. The molecular formula is C10H13NO3. The Kier molecular flexibility index (Phi) is 2.74. The van der Waals surface area contributed by atoms with Crippen LogP contribution in [0.4, 0.5) is 0 Å². The van der Waals surface area contributed by atoms with Gasteiger partial charge in [0.05, 0.1) is 0 Å². The van der Waals surface area contributed by atoms with Gasteiger partial charge in [0.25, 0.3) is 0 Å². The van der Waals surface area contributed by atoms with Crippen LogP contribution in [0.1, 0.15) is 0 Å². The highest BCUT2D eigenvalue weighted by molar-refractivity contribution is 5.51. The molecule has 0 bridgehead atoms. The Morgan fingerprint density at radius 3 is 3.00 bits per heavy atom. The summed E-state index contributed by atoms with van der Waals surface area (Å²) in [6.07, 6.45) is 0. The van der Waals surface area contributed by atoms with E-state index in [9.17, 15) is 0 Å². The first-order valence-electron chi connectivity index (χ1n) is 4.63. The number of hydrogen-bond donors (Lipinski definition) is 1. The van der Waals surface area contributed by atoms with Crippen molar-refractivity contribution in [3.8, 4) is 17.2 Å². The Bertz CT molecular complexity index is 314. The number of rotatable bonds is 3. The van der Waals surface area contributed by atoms with Crippen LogP contribution in [0.15, 0.2) is 18.2 Å². The molecule has 14 heavy (non-hydrogen) atoms. The van der Waals surface area contributed by atoms with Crippen molar-refractivity contribution < 1.29 is 14.2 Å². The van der Waals surface area contributed by atoms with E-state index in [0.29, 0.717) is 37.9 Å². The standard InChI is InChI=1S/C10H13NO3/c11-4-5-12-8-2-1-3-9-10(8)14-7-6-13-9/h1-3H,4-7,11H2. The zero-order valence-corrected chi connectivity index (χ0v) is 7.86. The van der Waals surface area contributed by atoms with Crippen LogP contribution in [-0.4, -0.2) is 26.4 Å². The van der Waals surface area contributed by atoms with Gasteiger partial charge in [-0.1, -0.05) is 6.07 Å². The van der Waals surface area contributed by atoms with Gasteiger partial charge in [0.2, 0.25) is 5.75 Å². The SMILES string of the molecule is NCCOc1cccc2c1OCCO2. The first kappa shape index (κ1) is 9.15. The van der Waals surface area contributed by atoms with Crippen molar-refractivity contribution in [1.82, 2.24) is 0 Å². The zero-order valence-electron chi connectivity index (χ0n) is 7.86. The molecule has 0 saturated carbocycles. The third-order valence-corrected chi connectivity index (χ3v) is 1.91. The van der Waals surface area contributed by atoms with Crippen molar-refractivity contribution in [2.24, 2.45) is 5.73 Å². The molecule has 1 heterocycles. The maximum atomic E-state index is 5.46.